The summed E-state index contributed by atoms with van der Waals surface area (Å²) in [5.74, 6) is 1.73. The summed E-state index contributed by atoms with van der Waals surface area (Å²) in [4.78, 5) is 19.9. The van der Waals surface area contributed by atoms with Crippen LogP contribution in [0, 0.1) is 6.92 Å². The quantitative estimate of drug-likeness (QED) is 0.355. The molecule has 3 aromatic carbocycles. The molecule has 32 heavy (non-hydrogen) atoms. The van der Waals surface area contributed by atoms with Crippen LogP contribution in [0.15, 0.2) is 82.7 Å². The molecule has 0 amide bonds. The first-order valence-corrected chi connectivity index (χ1v) is 11.3. The van der Waals surface area contributed by atoms with Crippen LogP contribution in [0.3, 0.4) is 0 Å². The molecule has 2 heterocycles. The molecule has 0 bridgehead atoms. The van der Waals surface area contributed by atoms with E-state index in [2.05, 4.69) is 39.2 Å². The first kappa shape index (κ1) is 20.5. The van der Waals surface area contributed by atoms with Gasteiger partial charge in [0.2, 0.25) is 0 Å². The van der Waals surface area contributed by atoms with E-state index in [9.17, 15) is 4.79 Å². The summed E-state index contributed by atoms with van der Waals surface area (Å²) in [6, 6.07) is 23.2. The minimum absolute atomic E-state index is 0.188. The van der Waals surface area contributed by atoms with E-state index in [-0.39, 0.29) is 5.56 Å². The highest BCUT2D eigenvalue weighted by Gasteiger charge is 2.17. The highest BCUT2D eigenvalue weighted by Crippen LogP contribution is 2.29. The number of aromatic amines is 1. The van der Waals surface area contributed by atoms with Crippen LogP contribution < -0.4 is 5.56 Å². The molecule has 2 aromatic heterocycles. The minimum atomic E-state index is -0.188. The Hall–Kier alpha value is -3.42. The van der Waals surface area contributed by atoms with Gasteiger partial charge in [-0.15, -0.1) is 10.2 Å². The van der Waals surface area contributed by atoms with E-state index in [1.54, 1.807) is 18.2 Å². The fraction of sp³-hybridized carbons (Fsp3) is 0.0833. The van der Waals surface area contributed by atoms with Gasteiger partial charge in [-0.3, -0.25) is 9.36 Å². The number of aryl methyl sites for hydroxylation is 1. The summed E-state index contributed by atoms with van der Waals surface area (Å²) in [7, 11) is 0. The van der Waals surface area contributed by atoms with E-state index >= 15 is 0 Å². The monoisotopic (exact) mass is 459 g/mol. The van der Waals surface area contributed by atoms with Gasteiger partial charge in [-0.2, -0.15) is 0 Å². The molecule has 0 atom stereocenters. The normalized spacial score (nSPS) is 11.2. The van der Waals surface area contributed by atoms with Crippen LogP contribution in [-0.2, 0) is 5.75 Å². The lowest BCUT2D eigenvalue weighted by Gasteiger charge is -2.11. The summed E-state index contributed by atoms with van der Waals surface area (Å²) < 4.78 is 2.02. The van der Waals surface area contributed by atoms with Gasteiger partial charge in [-0.05, 0) is 37.3 Å². The molecule has 158 valence electrons. The molecule has 0 spiro atoms. The highest BCUT2D eigenvalue weighted by molar-refractivity contribution is 7.98. The van der Waals surface area contributed by atoms with Crippen molar-refractivity contribution in [3.05, 3.63) is 99.6 Å². The Morgan fingerprint density at radius 3 is 2.56 bits per heavy atom. The molecule has 0 unspecified atom stereocenters. The van der Waals surface area contributed by atoms with E-state index in [4.69, 9.17) is 11.6 Å². The zero-order chi connectivity index (χ0) is 22.1. The zero-order valence-corrected chi connectivity index (χ0v) is 18.7. The second kappa shape index (κ2) is 8.61. The van der Waals surface area contributed by atoms with Gasteiger partial charge in [0.25, 0.3) is 5.56 Å². The van der Waals surface area contributed by atoms with E-state index < -0.39 is 0 Å². The van der Waals surface area contributed by atoms with Crippen LogP contribution in [0.2, 0.25) is 5.02 Å². The van der Waals surface area contributed by atoms with Crippen LogP contribution in [0.25, 0.3) is 28.0 Å². The minimum Gasteiger partial charge on any atom is -0.309 e. The first-order valence-electron chi connectivity index (χ1n) is 9.97. The number of nitrogens with one attached hydrogen (secondary N) is 1. The molecule has 0 radical (unpaired) electrons. The van der Waals surface area contributed by atoms with Crippen molar-refractivity contribution in [1.82, 2.24) is 24.7 Å². The smallest absolute Gasteiger partial charge is 0.258 e. The molecule has 0 aliphatic carbocycles. The van der Waals surface area contributed by atoms with E-state index in [0.29, 0.717) is 32.7 Å². The summed E-state index contributed by atoms with van der Waals surface area (Å²) >= 11 is 7.54. The van der Waals surface area contributed by atoms with Crippen molar-refractivity contribution in [2.24, 2.45) is 0 Å². The summed E-state index contributed by atoms with van der Waals surface area (Å²) in [6.45, 7) is 2.05. The number of nitrogens with zero attached hydrogens (tertiary/aromatic N) is 4. The molecule has 0 aliphatic rings. The van der Waals surface area contributed by atoms with Gasteiger partial charge in [0.1, 0.15) is 5.82 Å². The van der Waals surface area contributed by atoms with Crippen LogP contribution in [0.5, 0.6) is 0 Å². The summed E-state index contributed by atoms with van der Waals surface area (Å²) in [5.41, 5.74) is 3.50. The summed E-state index contributed by atoms with van der Waals surface area (Å²) in [5, 5.41) is 10.7. The maximum atomic E-state index is 12.5. The molecule has 8 heteroatoms. The van der Waals surface area contributed by atoms with Crippen molar-refractivity contribution in [1.29, 1.82) is 0 Å². The van der Waals surface area contributed by atoms with Gasteiger partial charge in [0, 0.05) is 16.3 Å². The average Bonchev–Trinajstić information content (AvgIpc) is 3.22. The Balaban J connectivity index is 1.53. The second-order valence-corrected chi connectivity index (χ2v) is 8.68. The van der Waals surface area contributed by atoms with Crippen molar-refractivity contribution < 1.29 is 0 Å². The van der Waals surface area contributed by atoms with Crippen LogP contribution in [-0.4, -0.2) is 24.7 Å². The number of H-pyrrole nitrogens is 1. The first-order chi connectivity index (χ1) is 15.6. The van der Waals surface area contributed by atoms with Gasteiger partial charge in [-0.25, -0.2) is 4.98 Å². The number of fused-ring (bicyclic) bond motifs is 1. The van der Waals surface area contributed by atoms with E-state index in [1.165, 1.54) is 17.3 Å². The predicted molar refractivity (Wildman–Crippen MR) is 128 cm³/mol. The molecule has 1 N–H and O–H groups in total. The molecule has 5 aromatic rings. The zero-order valence-electron chi connectivity index (χ0n) is 17.1. The standard InChI is InChI=1S/C24H18ClN5OS/c1-15-7-10-18(11-8-15)30-22(16-5-3-2-4-6-16)28-29-24(30)32-14-21-26-20-13-17(25)9-12-19(20)23(31)27-21/h2-13H,14H2,1H3,(H,26,27,31). The molecule has 0 saturated carbocycles. The van der Waals surface area contributed by atoms with Gasteiger partial charge < -0.3 is 4.98 Å². The number of benzene rings is 3. The average molecular weight is 460 g/mol. The Kier molecular flexibility index (Phi) is 5.51. The third kappa shape index (κ3) is 4.04. The Morgan fingerprint density at radius 2 is 1.78 bits per heavy atom. The number of aromatic nitrogens is 5. The van der Waals surface area contributed by atoms with Crippen molar-refractivity contribution in [2.45, 2.75) is 17.8 Å². The molecule has 6 nitrogen and oxygen atoms in total. The van der Waals surface area contributed by atoms with E-state index in [0.717, 1.165) is 17.1 Å². The number of hydrogen-bond acceptors (Lipinski definition) is 5. The Morgan fingerprint density at radius 1 is 1.00 bits per heavy atom. The third-order valence-corrected chi connectivity index (χ3v) is 6.19. The van der Waals surface area contributed by atoms with Crippen molar-refractivity contribution in [2.75, 3.05) is 0 Å². The lowest BCUT2D eigenvalue weighted by atomic mass is 10.2. The van der Waals surface area contributed by atoms with E-state index in [1.807, 2.05) is 47.0 Å². The predicted octanol–water partition coefficient (Wildman–Crippen LogP) is 5.42. The Labute approximate surface area is 193 Å². The fourth-order valence-corrected chi connectivity index (χ4v) is 4.41. The molecule has 5 rings (SSSR count). The maximum Gasteiger partial charge on any atom is 0.258 e. The largest absolute Gasteiger partial charge is 0.309 e. The number of halogens is 1. The SMILES string of the molecule is Cc1ccc(-n2c(SCc3nc4cc(Cl)ccc4c(=O)[nH]3)nnc2-c2ccccc2)cc1. The topological polar surface area (TPSA) is 76.5 Å². The molecule has 0 saturated heterocycles. The van der Waals surface area contributed by atoms with Crippen LogP contribution in [0.4, 0.5) is 0 Å². The second-order valence-electron chi connectivity index (χ2n) is 7.31. The van der Waals surface area contributed by atoms with Gasteiger partial charge in [0.05, 0.1) is 16.7 Å². The van der Waals surface area contributed by atoms with Crippen LogP contribution >= 0.6 is 23.4 Å². The van der Waals surface area contributed by atoms with Gasteiger partial charge >= 0.3 is 0 Å². The number of thioether (sulfide) groups is 1. The Bertz CT molecular complexity index is 1460. The molecule has 0 aliphatic heterocycles. The maximum absolute atomic E-state index is 12.5. The van der Waals surface area contributed by atoms with Gasteiger partial charge in [0.15, 0.2) is 11.0 Å². The lowest BCUT2D eigenvalue weighted by molar-refractivity contribution is 0.883. The molecule has 0 fully saturated rings. The fourth-order valence-electron chi connectivity index (χ4n) is 3.43. The third-order valence-electron chi connectivity index (χ3n) is 5.01. The molecular formula is C24H18ClN5OS. The highest BCUT2D eigenvalue weighted by atomic mass is 35.5. The van der Waals surface area contributed by atoms with Crippen molar-refractivity contribution >= 4 is 34.3 Å². The number of hydrogen-bond donors (Lipinski definition) is 1. The van der Waals surface area contributed by atoms with Crippen LogP contribution in [0.1, 0.15) is 11.4 Å². The van der Waals surface area contributed by atoms with Gasteiger partial charge in [-0.1, -0.05) is 71.4 Å². The van der Waals surface area contributed by atoms with Crippen molar-refractivity contribution in [3.63, 3.8) is 0 Å². The molecular weight excluding hydrogens is 442 g/mol. The van der Waals surface area contributed by atoms with Crippen molar-refractivity contribution in [3.8, 4) is 17.1 Å². The summed E-state index contributed by atoms with van der Waals surface area (Å²) in [6.07, 6.45) is 0. The number of rotatable bonds is 5. The lowest BCUT2D eigenvalue weighted by Crippen LogP contribution is -2.11.